The number of nitrogens with one attached hydrogen (secondary N) is 1. The Labute approximate surface area is 84.1 Å². The van der Waals surface area contributed by atoms with Crippen LogP contribution in [0.3, 0.4) is 0 Å². The SMILES string of the molecule is CC[C@@H](NC(=O)C(C)(F)F)C(C)(C)C. The molecule has 0 radical (unpaired) electrons. The van der Waals surface area contributed by atoms with Crippen molar-refractivity contribution < 1.29 is 13.6 Å². The number of rotatable bonds is 3. The molecule has 0 aliphatic rings. The summed E-state index contributed by atoms with van der Waals surface area (Å²) >= 11 is 0. The van der Waals surface area contributed by atoms with Crippen LogP contribution in [0.5, 0.6) is 0 Å². The standard InChI is InChI=1S/C10H19F2NO/c1-6-7(9(2,3)4)13-8(14)10(5,11)12/h7H,6H2,1-5H3,(H,13,14)/t7-/m1/s1. The van der Waals surface area contributed by atoms with E-state index in [1.54, 1.807) is 0 Å². The third-order valence-electron chi connectivity index (χ3n) is 2.16. The van der Waals surface area contributed by atoms with Crippen molar-refractivity contribution in [3.05, 3.63) is 0 Å². The van der Waals surface area contributed by atoms with E-state index in [0.29, 0.717) is 13.3 Å². The Balaban J connectivity index is 4.43. The zero-order valence-electron chi connectivity index (χ0n) is 9.45. The minimum absolute atomic E-state index is 0.199. The molecule has 0 fully saturated rings. The van der Waals surface area contributed by atoms with Crippen molar-refractivity contribution in [2.24, 2.45) is 5.41 Å². The highest BCUT2D eigenvalue weighted by Crippen LogP contribution is 2.23. The first-order valence-corrected chi connectivity index (χ1v) is 4.77. The van der Waals surface area contributed by atoms with E-state index in [9.17, 15) is 13.6 Å². The Morgan fingerprint density at radius 3 is 1.93 bits per heavy atom. The third kappa shape index (κ3) is 4.03. The van der Waals surface area contributed by atoms with Crippen LogP contribution < -0.4 is 5.32 Å². The van der Waals surface area contributed by atoms with Crippen LogP contribution in [-0.2, 0) is 4.79 Å². The maximum absolute atomic E-state index is 12.6. The van der Waals surface area contributed by atoms with Gasteiger partial charge in [-0.15, -0.1) is 0 Å². The smallest absolute Gasteiger partial charge is 0.321 e. The Morgan fingerprint density at radius 1 is 1.29 bits per heavy atom. The van der Waals surface area contributed by atoms with Crippen LogP contribution in [-0.4, -0.2) is 17.9 Å². The predicted octanol–water partition coefficient (Wildman–Crippen LogP) is 2.58. The molecular formula is C10H19F2NO. The molecule has 0 aromatic rings. The van der Waals surface area contributed by atoms with Gasteiger partial charge >= 0.3 is 5.92 Å². The van der Waals surface area contributed by atoms with Crippen molar-refractivity contribution in [3.8, 4) is 0 Å². The molecule has 14 heavy (non-hydrogen) atoms. The number of hydrogen-bond acceptors (Lipinski definition) is 1. The van der Waals surface area contributed by atoms with Gasteiger partial charge in [-0.1, -0.05) is 27.7 Å². The lowest BCUT2D eigenvalue weighted by Crippen LogP contribution is -2.48. The van der Waals surface area contributed by atoms with E-state index in [1.807, 2.05) is 27.7 Å². The van der Waals surface area contributed by atoms with Crippen molar-refractivity contribution in [2.75, 3.05) is 0 Å². The van der Waals surface area contributed by atoms with E-state index in [2.05, 4.69) is 5.32 Å². The van der Waals surface area contributed by atoms with Crippen LogP contribution in [0.15, 0.2) is 0 Å². The fourth-order valence-corrected chi connectivity index (χ4v) is 1.22. The van der Waals surface area contributed by atoms with Crippen molar-refractivity contribution >= 4 is 5.91 Å². The van der Waals surface area contributed by atoms with Gasteiger partial charge in [0.2, 0.25) is 0 Å². The lowest BCUT2D eigenvalue weighted by molar-refractivity contribution is -0.144. The Morgan fingerprint density at radius 2 is 1.71 bits per heavy atom. The molecule has 0 heterocycles. The number of hydrogen-bond donors (Lipinski definition) is 1. The highest BCUT2D eigenvalue weighted by Gasteiger charge is 2.35. The lowest BCUT2D eigenvalue weighted by Gasteiger charge is -2.31. The number of halogens is 2. The van der Waals surface area contributed by atoms with Gasteiger partial charge in [0.15, 0.2) is 0 Å². The van der Waals surface area contributed by atoms with Gasteiger partial charge in [0.05, 0.1) is 0 Å². The quantitative estimate of drug-likeness (QED) is 0.757. The molecule has 0 aromatic heterocycles. The van der Waals surface area contributed by atoms with Crippen LogP contribution in [0.1, 0.15) is 41.0 Å². The Bertz CT molecular complexity index is 203. The average Bonchev–Trinajstić information content (AvgIpc) is 1.95. The number of alkyl halides is 2. The maximum Gasteiger partial charge on any atom is 0.321 e. The zero-order chi connectivity index (χ0) is 11.6. The van der Waals surface area contributed by atoms with Gasteiger partial charge in [0, 0.05) is 13.0 Å². The van der Waals surface area contributed by atoms with Crippen LogP contribution in [0.2, 0.25) is 0 Å². The number of carbonyl (C=O) groups excluding carboxylic acids is 1. The third-order valence-corrected chi connectivity index (χ3v) is 2.16. The second kappa shape index (κ2) is 4.24. The van der Waals surface area contributed by atoms with Crippen LogP contribution >= 0.6 is 0 Å². The second-order valence-electron chi connectivity index (χ2n) is 4.69. The average molecular weight is 207 g/mol. The van der Waals surface area contributed by atoms with Crippen molar-refractivity contribution in [1.82, 2.24) is 5.32 Å². The summed E-state index contributed by atoms with van der Waals surface area (Å²) in [6, 6.07) is -0.221. The first-order valence-electron chi connectivity index (χ1n) is 4.77. The monoisotopic (exact) mass is 207 g/mol. The Hall–Kier alpha value is -0.670. The topological polar surface area (TPSA) is 29.1 Å². The van der Waals surface area contributed by atoms with Gasteiger partial charge in [-0.05, 0) is 11.8 Å². The van der Waals surface area contributed by atoms with E-state index < -0.39 is 11.8 Å². The van der Waals surface area contributed by atoms with Crippen LogP contribution in [0.25, 0.3) is 0 Å². The molecular weight excluding hydrogens is 188 g/mol. The van der Waals surface area contributed by atoms with Gasteiger partial charge in [-0.3, -0.25) is 4.79 Å². The van der Waals surface area contributed by atoms with E-state index in [-0.39, 0.29) is 11.5 Å². The molecule has 0 saturated carbocycles. The molecule has 0 aliphatic heterocycles. The highest BCUT2D eigenvalue weighted by molar-refractivity contribution is 5.83. The summed E-state index contributed by atoms with van der Waals surface area (Å²) in [4.78, 5) is 11.0. The fraction of sp³-hybridized carbons (Fsp3) is 0.900. The van der Waals surface area contributed by atoms with E-state index in [4.69, 9.17) is 0 Å². The van der Waals surface area contributed by atoms with Crippen molar-refractivity contribution in [1.29, 1.82) is 0 Å². The molecule has 0 aromatic carbocycles. The fourth-order valence-electron chi connectivity index (χ4n) is 1.22. The molecule has 0 rings (SSSR count). The first kappa shape index (κ1) is 13.3. The Kier molecular flexibility index (Phi) is 4.03. The summed E-state index contributed by atoms with van der Waals surface area (Å²) in [5.41, 5.74) is -0.199. The lowest BCUT2D eigenvalue weighted by atomic mass is 9.85. The van der Waals surface area contributed by atoms with Crippen molar-refractivity contribution in [2.45, 2.75) is 53.0 Å². The highest BCUT2D eigenvalue weighted by atomic mass is 19.3. The molecule has 4 heteroatoms. The molecule has 0 unspecified atom stereocenters. The van der Waals surface area contributed by atoms with Gasteiger partial charge in [-0.25, -0.2) is 0 Å². The normalized spacial score (nSPS) is 15.1. The van der Waals surface area contributed by atoms with E-state index >= 15 is 0 Å². The summed E-state index contributed by atoms with van der Waals surface area (Å²) < 4.78 is 25.2. The second-order valence-corrected chi connectivity index (χ2v) is 4.69. The van der Waals surface area contributed by atoms with E-state index in [1.165, 1.54) is 0 Å². The van der Waals surface area contributed by atoms with E-state index in [0.717, 1.165) is 0 Å². The maximum atomic E-state index is 12.6. The summed E-state index contributed by atoms with van der Waals surface area (Å²) in [5, 5.41) is 2.36. The van der Waals surface area contributed by atoms with Crippen LogP contribution in [0.4, 0.5) is 8.78 Å². The molecule has 1 amide bonds. The predicted molar refractivity (Wildman–Crippen MR) is 52.3 cm³/mol. The van der Waals surface area contributed by atoms with Crippen LogP contribution in [0, 0.1) is 5.41 Å². The van der Waals surface area contributed by atoms with Gasteiger partial charge in [-0.2, -0.15) is 8.78 Å². The minimum atomic E-state index is -3.29. The molecule has 1 N–H and O–H groups in total. The molecule has 84 valence electrons. The summed E-state index contributed by atoms with van der Waals surface area (Å²) in [7, 11) is 0. The van der Waals surface area contributed by atoms with Gasteiger partial charge < -0.3 is 5.32 Å². The van der Waals surface area contributed by atoms with Gasteiger partial charge in [0.25, 0.3) is 5.91 Å². The van der Waals surface area contributed by atoms with Gasteiger partial charge in [0.1, 0.15) is 0 Å². The summed E-state index contributed by atoms with van der Waals surface area (Å²) in [6.07, 6.45) is 0.644. The van der Waals surface area contributed by atoms with Crippen molar-refractivity contribution in [3.63, 3.8) is 0 Å². The molecule has 0 aliphatic carbocycles. The zero-order valence-corrected chi connectivity index (χ0v) is 9.45. The molecule has 2 nitrogen and oxygen atoms in total. The first-order chi connectivity index (χ1) is 6.09. The molecule has 0 saturated heterocycles. The molecule has 0 spiro atoms. The largest absolute Gasteiger partial charge is 0.348 e. The number of carbonyl (C=O) groups is 1. The molecule has 1 atom stereocenters. The summed E-state index contributed by atoms with van der Waals surface area (Å²) in [6.45, 7) is 8.21. The minimum Gasteiger partial charge on any atom is -0.348 e. The number of amides is 1. The summed E-state index contributed by atoms with van der Waals surface area (Å²) in [5.74, 6) is -4.49. The molecule has 0 bridgehead atoms.